The van der Waals surface area contributed by atoms with Crippen molar-refractivity contribution in [2.75, 3.05) is 20.2 Å². The first kappa shape index (κ1) is 19.4. The predicted octanol–water partition coefficient (Wildman–Crippen LogP) is 4.14. The fourth-order valence-electron chi connectivity index (χ4n) is 3.47. The molecule has 0 saturated carbocycles. The van der Waals surface area contributed by atoms with Gasteiger partial charge in [-0.25, -0.2) is 4.39 Å². The van der Waals surface area contributed by atoms with Crippen molar-refractivity contribution in [1.82, 2.24) is 10.2 Å². The molecule has 1 saturated heterocycles. The molecule has 1 amide bonds. The van der Waals surface area contributed by atoms with Gasteiger partial charge in [-0.1, -0.05) is 37.1 Å². The van der Waals surface area contributed by atoms with Crippen molar-refractivity contribution < 1.29 is 13.9 Å². The molecule has 1 aliphatic rings. The first-order chi connectivity index (χ1) is 13.2. The van der Waals surface area contributed by atoms with Gasteiger partial charge in [0.25, 0.3) is 5.91 Å². The van der Waals surface area contributed by atoms with Crippen molar-refractivity contribution in [2.45, 2.75) is 38.8 Å². The van der Waals surface area contributed by atoms with Gasteiger partial charge < -0.3 is 10.1 Å². The van der Waals surface area contributed by atoms with Crippen LogP contribution in [-0.4, -0.2) is 31.0 Å². The molecule has 3 rings (SSSR count). The number of likely N-dealkylation sites (tertiary alicyclic amines) is 1. The Morgan fingerprint density at radius 3 is 2.52 bits per heavy atom. The summed E-state index contributed by atoms with van der Waals surface area (Å²) in [5.41, 5.74) is 2.29. The van der Waals surface area contributed by atoms with Crippen LogP contribution < -0.4 is 10.1 Å². The Hall–Kier alpha value is -2.40. The molecule has 2 aromatic carbocycles. The van der Waals surface area contributed by atoms with E-state index < -0.39 is 11.7 Å². The normalized spacial score (nSPS) is 15.2. The van der Waals surface area contributed by atoms with Crippen molar-refractivity contribution in [2.24, 2.45) is 0 Å². The first-order valence-electron chi connectivity index (χ1n) is 9.57. The van der Waals surface area contributed by atoms with E-state index in [0.29, 0.717) is 12.3 Å². The predicted molar refractivity (Wildman–Crippen MR) is 104 cm³/mol. The zero-order valence-corrected chi connectivity index (χ0v) is 15.8. The number of amides is 1. The van der Waals surface area contributed by atoms with Gasteiger partial charge in [-0.05, 0) is 49.2 Å². The third-order valence-corrected chi connectivity index (χ3v) is 4.97. The van der Waals surface area contributed by atoms with Crippen LogP contribution in [0.1, 0.15) is 47.2 Å². The van der Waals surface area contributed by atoms with Crippen LogP contribution in [0.5, 0.6) is 5.75 Å². The van der Waals surface area contributed by atoms with Crippen LogP contribution >= 0.6 is 0 Å². The lowest BCUT2D eigenvalue weighted by Gasteiger charge is -2.20. The molecule has 5 heteroatoms. The third kappa shape index (κ3) is 5.54. The Bertz CT molecular complexity index is 771. The molecule has 0 radical (unpaired) electrons. The van der Waals surface area contributed by atoms with E-state index in [-0.39, 0.29) is 5.56 Å². The summed E-state index contributed by atoms with van der Waals surface area (Å²) in [6, 6.07) is 12.5. The van der Waals surface area contributed by atoms with Gasteiger partial charge in [0.2, 0.25) is 0 Å². The van der Waals surface area contributed by atoms with Gasteiger partial charge in [-0.15, -0.1) is 0 Å². The number of methoxy groups -OCH3 is 1. The highest BCUT2D eigenvalue weighted by Gasteiger charge is 2.13. The molecule has 0 spiro atoms. The van der Waals surface area contributed by atoms with E-state index in [0.717, 1.165) is 25.2 Å². The van der Waals surface area contributed by atoms with Crippen molar-refractivity contribution in [3.63, 3.8) is 0 Å². The van der Waals surface area contributed by atoms with Crippen LogP contribution in [0.2, 0.25) is 0 Å². The molecule has 4 nitrogen and oxygen atoms in total. The number of nitrogens with one attached hydrogen (secondary N) is 1. The maximum Gasteiger partial charge on any atom is 0.254 e. The fraction of sp³-hybridized carbons (Fsp3) is 0.409. The van der Waals surface area contributed by atoms with Gasteiger partial charge in [0, 0.05) is 19.2 Å². The lowest BCUT2D eigenvalue weighted by atomic mass is 10.1. The minimum atomic E-state index is -0.582. The van der Waals surface area contributed by atoms with Gasteiger partial charge in [-0.2, -0.15) is 0 Å². The molecule has 27 heavy (non-hydrogen) atoms. The van der Waals surface area contributed by atoms with Crippen LogP contribution in [0.3, 0.4) is 0 Å². The lowest BCUT2D eigenvalue weighted by molar-refractivity contribution is 0.0947. The van der Waals surface area contributed by atoms with Gasteiger partial charge >= 0.3 is 0 Å². The maximum atomic E-state index is 14.0. The minimum absolute atomic E-state index is 0.0246. The summed E-state index contributed by atoms with van der Waals surface area (Å²) in [6.45, 7) is 3.61. The number of nitrogens with zero attached hydrogens (tertiary/aromatic N) is 1. The van der Waals surface area contributed by atoms with E-state index in [2.05, 4.69) is 22.3 Å². The second kappa shape index (κ2) is 9.51. The first-order valence-corrected chi connectivity index (χ1v) is 9.57. The van der Waals surface area contributed by atoms with Gasteiger partial charge in [-0.3, -0.25) is 9.69 Å². The molecular weight excluding hydrogens is 343 g/mol. The van der Waals surface area contributed by atoms with Crippen molar-refractivity contribution in [3.8, 4) is 5.75 Å². The smallest absolute Gasteiger partial charge is 0.254 e. The Morgan fingerprint density at radius 1 is 1.07 bits per heavy atom. The number of hydrogen-bond acceptors (Lipinski definition) is 3. The zero-order chi connectivity index (χ0) is 19.1. The summed E-state index contributed by atoms with van der Waals surface area (Å²) in [5, 5.41) is 2.80. The van der Waals surface area contributed by atoms with Crippen molar-refractivity contribution in [1.29, 1.82) is 0 Å². The summed E-state index contributed by atoms with van der Waals surface area (Å²) in [7, 11) is 1.47. The second-order valence-electron chi connectivity index (χ2n) is 7.04. The Kier molecular flexibility index (Phi) is 6.82. The molecule has 0 atom stereocenters. The van der Waals surface area contributed by atoms with Crippen LogP contribution in [-0.2, 0) is 13.1 Å². The monoisotopic (exact) mass is 370 g/mol. The van der Waals surface area contributed by atoms with E-state index in [1.54, 1.807) is 6.07 Å². The summed E-state index contributed by atoms with van der Waals surface area (Å²) in [5.74, 6) is -0.611. The standard InChI is InChI=1S/C22H27FN2O2/c1-27-19-9-10-20(21(23)14-19)22(26)24-15-17-7-6-8-18(13-17)16-25-11-4-2-3-5-12-25/h6-10,13-14H,2-5,11-12,15-16H2,1H3,(H,24,26). The van der Waals surface area contributed by atoms with Crippen LogP contribution in [0.25, 0.3) is 0 Å². The zero-order valence-electron chi connectivity index (χ0n) is 15.8. The van der Waals surface area contributed by atoms with Crippen LogP contribution in [0, 0.1) is 5.82 Å². The Morgan fingerprint density at radius 2 is 1.81 bits per heavy atom. The quantitative estimate of drug-likeness (QED) is 0.831. The molecule has 1 fully saturated rings. The minimum Gasteiger partial charge on any atom is -0.497 e. The summed E-state index contributed by atoms with van der Waals surface area (Å²) in [6.07, 6.45) is 5.18. The van der Waals surface area contributed by atoms with E-state index in [1.807, 2.05) is 12.1 Å². The summed E-state index contributed by atoms with van der Waals surface area (Å²) < 4.78 is 19.0. The van der Waals surface area contributed by atoms with Gasteiger partial charge in [0.05, 0.1) is 12.7 Å². The topological polar surface area (TPSA) is 41.6 Å². The molecule has 1 N–H and O–H groups in total. The SMILES string of the molecule is COc1ccc(C(=O)NCc2cccc(CN3CCCCCC3)c2)c(F)c1. The third-order valence-electron chi connectivity index (χ3n) is 4.97. The molecule has 0 aromatic heterocycles. The molecule has 1 heterocycles. The maximum absolute atomic E-state index is 14.0. The number of carbonyl (C=O) groups is 1. The van der Waals surface area contributed by atoms with Gasteiger partial charge in [0.1, 0.15) is 11.6 Å². The highest BCUT2D eigenvalue weighted by Crippen LogP contribution is 2.17. The number of halogens is 1. The van der Waals surface area contributed by atoms with E-state index >= 15 is 0 Å². The summed E-state index contributed by atoms with van der Waals surface area (Å²) >= 11 is 0. The van der Waals surface area contributed by atoms with Crippen LogP contribution in [0.4, 0.5) is 4.39 Å². The van der Waals surface area contributed by atoms with E-state index in [9.17, 15) is 9.18 Å². The average molecular weight is 370 g/mol. The molecule has 0 unspecified atom stereocenters. The number of hydrogen-bond donors (Lipinski definition) is 1. The summed E-state index contributed by atoms with van der Waals surface area (Å²) in [4.78, 5) is 14.8. The Balaban J connectivity index is 1.58. The molecule has 0 bridgehead atoms. The lowest BCUT2D eigenvalue weighted by Crippen LogP contribution is -2.25. The molecule has 144 valence electrons. The molecule has 0 aliphatic carbocycles. The Labute approximate surface area is 160 Å². The fourth-order valence-corrected chi connectivity index (χ4v) is 3.47. The van der Waals surface area contributed by atoms with Crippen molar-refractivity contribution >= 4 is 5.91 Å². The van der Waals surface area contributed by atoms with E-state index in [1.165, 1.54) is 50.5 Å². The second-order valence-corrected chi connectivity index (χ2v) is 7.04. The van der Waals surface area contributed by atoms with Gasteiger partial charge in [0.15, 0.2) is 0 Å². The van der Waals surface area contributed by atoms with Crippen LogP contribution in [0.15, 0.2) is 42.5 Å². The highest BCUT2D eigenvalue weighted by atomic mass is 19.1. The van der Waals surface area contributed by atoms with E-state index in [4.69, 9.17) is 4.74 Å². The molecular formula is C22H27FN2O2. The van der Waals surface area contributed by atoms with Crippen molar-refractivity contribution in [3.05, 3.63) is 65.0 Å². The number of benzene rings is 2. The number of ether oxygens (including phenoxy) is 1. The number of carbonyl (C=O) groups excluding carboxylic acids is 1. The highest BCUT2D eigenvalue weighted by molar-refractivity contribution is 5.94. The molecule has 2 aromatic rings. The molecule has 1 aliphatic heterocycles. The largest absolute Gasteiger partial charge is 0.497 e. The number of rotatable bonds is 6. The average Bonchev–Trinajstić information content (AvgIpc) is 2.95.